The number of aromatic nitrogens is 4. The van der Waals surface area contributed by atoms with Crippen molar-refractivity contribution < 1.29 is 14.3 Å². The number of methoxy groups -OCH3 is 2. The molecule has 0 radical (unpaired) electrons. The van der Waals surface area contributed by atoms with Gasteiger partial charge in [0.25, 0.3) is 5.56 Å². The molecule has 0 aliphatic heterocycles. The highest BCUT2D eigenvalue weighted by Gasteiger charge is 2.17. The molecule has 0 atom stereocenters. The molecule has 2 heterocycles. The van der Waals surface area contributed by atoms with Crippen LogP contribution in [-0.4, -0.2) is 45.0 Å². The van der Waals surface area contributed by atoms with Crippen LogP contribution in [0.1, 0.15) is 0 Å². The molecule has 10 heteroatoms. The Morgan fingerprint density at radius 3 is 2.75 bits per heavy atom. The van der Waals surface area contributed by atoms with E-state index in [0.29, 0.717) is 45.6 Å². The number of rotatable bonds is 8. The molecule has 9 nitrogen and oxygen atoms in total. The Labute approximate surface area is 187 Å². The second kappa shape index (κ2) is 9.15. The number of thioether (sulfide) groups is 1. The smallest absolute Gasteiger partial charge is 0.263 e. The van der Waals surface area contributed by atoms with Crippen molar-refractivity contribution in [2.45, 2.75) is 11.7 Å². The van der Waals surface area contributed by atoms with E-state index in [4.69, 9.17) is 9.47 Å². The third-order valence-electron chi connectivity index (χ3n) is 4.81. The maximum absolute atomic E-state index is 12.9. The third-order valence-corrected chi connectivity index (χ3v) is 5.73. The minimum absolute atomic E-state index is 0.0882. The molecule has 0 fully saturated rings. The topological polar surface area (TPSA) is 99.8 Å². The normalized spacial score (nSPS) is 10.9. The van der Waals surface area contributed by atoms with Crippen LogP contribution >= 0.6 is 11.8 Å². The van der Waals surface area contributed by atoms with Crippen LogP contribution in [0.2, 0.25) is 0 Å². The van der Waals surface area contributed by atoms with Crippen molar-refractivity contribution in [3.8, 4) is 11.5 Å². The van der Waals surface area contributed by atoms with E-state index in [2.05, 4.69) is 22.1 Å². The zero-order chi connectivity index (χ0) is 22.7. The van der Waals surface area contributed by atoms with Gasteiger partial charge in [0.2, 0.25) is 11.7 Å². The minimum Gasteiger partial charge on any atom is -0.497 e. The molecule has 2 aromatic carbocycles. The number of amides is 1. The quantitative estimate of drug-likeness (QED) is 0.325. The first-order valence-electron chi connectivity index (χ1n) is 9.69. The number of fused-ring (bicyclic) bond motifs is 3. The van der Waals surface area contributed by atoms with E-state index >= 15 is 0 Å². The maximum atomic E-state index is 12.9. The lowest BCUT2D eigenvalue weighted by Gasteiger charge is -2.12. The molecule has 4 aromatic rings. The van der Waals surface area contributed by atoms with E-state index in [9.17, 15) is 9.59 Å². The Morgan fingerprint density at radius 1 is 1.19 bits per heavy atom. The standard InChI is InChI=1S/C22H21N5O4S/c1-4-11-26-20(29)15-7-5-6-8-17(15)27-21(26)24-25-22(27)32-13-19(28)23-16-10-9-14(30-2)12-18(16)31-3/h4-10,12H,1,11,13H2,2-3H3,(H,23,28). The summed E-state index contributed by atoms with van der Waals surface area (Å²) in [6, 6.07) is 12.4. The molecule has 2 aromatic heterocycles. The van der Waals surface area contributed by atoms with Crippen molar-refractivity contribution in [2.75, 3.05) is 25.3 Å². The predicted molar refractivity (Wildman–Crippen MR) is 124 cm³/mol. The van der Waals surface area contributed by atoms with Crippen LogP contribution in [-0.2, 0) is 11.3 Å². The van der Waals surface area contributed by atoms with Gasteiger partial charge in [-0.05, 0) is 24.3 Å². The van der Waals surface area contributed by atoms with Gasteiger partial charge in [0.15, 0.2) is 5.16 Å². The summed E-state index contributed by atoms with van der Waals surface area (Å²) in [5.41, 5.74) is 1.05. The Bertz CT molecular complexity index is 1380. The van der Waals surface area contributed by atoms with Crippen molar-refractivity contribution in [3.05, 3.63) is 65.5 Å². The molecule has 0 bridgehead atoms. The van der Waals surface area contributed by atoms with E-state index in [1.165, 1.54) is 23.4 Å². The van der Waals surface area contributed by atoms with E-state index in [0.717, 1.165) is 0 Å². The van der Waals surface area contributed by atoms with E-state index in [1.807, 2.05) is 12.1 Å². The number of nitrogens with one attached hydrogen (secondary N) is 1. The SMILES string of the molecule is C=CCn1c(=O)c2ccccc2n2c(SCC(=O)Nc3ccc(OC)cc3OC)nnc12. The van der Waals surface area contributed by atoms with Crippen molar-refractivity contribution in [1.82, 2.24) is 19.2 Å². The molecule has 1 amide bonds. The number of hydrogen-bond donors (Lipinski definition) is 1. The van der Waals surface area contributed by atoms with E-state index in [-0.39, 0.29) is 17.2 Å². The fourth-order valence-corrected chi connectivity index (χ4v) is 4.08. The fourth-order valence-electron chi connectivity index (χ4n) is 3.34. The Balaban J connectivity index is 1.62. The molecule has 164 valence electrons. The monoisotopic (exact) mass is 451 g/mol. The Morgan fingerprint density at radius 2 is 2.00 bits per heavy atom. The number of benzene rings is 2. The lowest BCUT2D eigenvalue weighted by Crippen LogP contribution is -2.22. The number of hydrogen-bond acceptors (Lipinski definition) is 7. The number of carbonyl (C=O) groups excluding carboxylic acids is 1. The first kappa shape index (κ1) is 21.4. The number of carbonyl (C=O) groups is 1. The molecular weight excluding hydrogens is 430 g/mol. The molecule has 0 saturated carbocycles. The van der Waals surface area contributed by atoms with Crippen LogP contribution < -0.4 is 20.3 Å². The van der Waals surface area contributed by atoms with Gasteiger partial charge in [0, 0.05) is 12.6 Å². The average Bonchev–Trinajstić information content (AvgIpc) is 3.24. The van der Waals surface area contributed by atoms with Gasteiger partial charge < -0.3 is 14.8 Å². The number of allylic oxidation sites excluding steroid dienone is 1. The number of para-hydroxylation sites is 1. The van der Waals surface area contributed by atoms with Gasteiger partial charge in [-0.2, -0.15) is 0 Å². The summed E-state index contributed by atoms with van der Waals surface area (Å²) < 4.78 is 13.8. The summed E-state index contributed by atoms with van der Waals surface area (Å²) in [6.45, 7) is 4.02. The molecule has 4 rings (SSSR count). The van der Waals surface area contributed by atoms with Crippen molar-refractivity contribution in [2.24, 2.45) is 0 Å². The van der Waals surface area contributed by atoms with E-state index < -0.39 is 0 Å². The largest absolute Gasteiger partial charge is 0.497 e. The molecule has 0 unspecified atom stereocenters. The summed E-state index contributed by atoms with van der Waals surface area (Å²) in [5, 5.41) is 12.3. The van der Waals surface area contributed by atoms with Gasteiger partial charge in [-0.3, -0.25) is 18.6 Å². The highest BCUT2D eigenvalue weighted by molar-refractivity contribution is 7.99. The highest BCUT2D eigenvalue weighted by Crippen LogP contribution is 2.29. The van der Waals surface area contributed by atoms with Gasteiger partial charge in [-0.25, -0.2) is 0 Å². The fraction of sp³-hybridized carbons (Fsp3) is 0.182. The molecule has 32 heavy (non-hydrogen) atoms. The molecular formula is C22H21N5O4S. The zero-order valence-electron chi connectivity index (χ0n) is 17.6. The van der Waals surface area contributed by atoms with Crippen LogP contribution in [0, 0.1) is 0 Å². The van der Waals surface area contributed by atoms with Crippen molar-refractivity contribution in [3.63, 3.8) is 0 Å². The summed E-state index contributed by atoms with van der Waals surface area (Å²) >= 11 is 1.22. The van der Waals surface area contributed by atoms with Crippen molar-refractivity contribution >= 4 is 40.0 Å². The second-order valence-electron chi connectivity index (χ2n) is 6.74. The molecule has 0 saturated heterocycles. The van der Waals surface area contributed by atoms with Gasteiger partial charge >= 0.3 is 0 Å². The lowest BCUT2D eigenvalue weighted by molar-refractivity contribution is -0.113. The lowest BCUT2D eigenvalue weighted by atomic mass is 10.2. The van der Waals surface area contributed by atoms with Crippen LogP contribution in [0.3, 0.4) is 0 Å². The Hall–Kier alpha value is -3.79. The number of anilines is 1. The van der Waals surface area contributed by atoms with Crippen LogP contribution in [0.25, 0.3) is 16.7 Å². The first-order valence-corrected chi connectivity index (χ1v) is 10.7. The summed E-state index contributed by atoms with van der Waals surface area (Å²) in [7, 11) is 3.08. The Kier molecular flexibility index (Phi) is 6.13. The summed E-state index contributed by atoms with van der Waals surface area (Å²) in [5.74, 6) is 1.37. The van der Waals surface area contributed by atoms with Gasteiger partial charge in [0.05, 0.1) is 36.6 Å². The first-order chi connectivity index (χ1) is 15.6. The van der Waals surface area contributed by atoms with Crippen LogP contribution in [0.4, 0.5) is 5.69 Å². The predicted octanol–water partition coefficient (Wildman–Crippen LogP) is 2.98. The molecule has 0 aliphatic rings. The van der Waals surface area contributed by atoms with Crippen LogP contribution in [0.15, 0.2) is 65.1 Å². The second-order valence-corrected chi connectivity index (χ2v) is 7.69. The minimum atomic E-state index is -0.237. The number of nitrogens with zero attached hydrogens (tertiary/aromatic N) is 4. The van der Waals surface area contributed by atoms with Gasteiger partial charge in [-0.15, -0.1) is 16.8 Å². The maximum Gasteiger partial charge on any atom is 0.263 e. The average molecular weight is 452 g/mol. The van der Waals surface area contributed by atoms with Crippen LogP contribution in [0.5, 0.6) is 11.5 Å². The third kappa shape index (κ3) is 3.92. The van der Waals surface area contributed by atoms with E-state index in [1.54, 1.807) is 47.9 Å². The summed E-state index contributed by atoms with van der Waals surface area (Å²) in [6.07, 6.45) is 1.63. The molecule has 1 N–H and O–H groups in total. The zero-order valence-corrected chi connectivity index (χ0v) is 18.4. The van der Waals surface area contributed by atoms with Crippen molar-refractivity contribution in [1.29, 1.82) is 0 Å². The number of ether oxygens (including phenoxy) is 2. The van der Waals surface area contributed by atoms with Gasteiger partial charge in [-0.1, -0.05) is 30.0 Å². The van der Waals surface area contributed by atoms with Gasteiger partial charge in [0.1, 0.15) is 11.5 Å². The molecule has 0 aliphatic carbocycles. The highest BCUT2D eigenvalue weighted by atomic mass is 32.2. The summed E-state index contributed by atoms with van der Waals surface area (Å²) in [4.78, 5) is 25.5. The molecule has 0 spiro atoms.